The third-order valence-corrected chi connectivity index (χ3v) is 6.09. The van der Waals surface area contributed by atoms with Crippen LogP contribution in [0.4, 0.5) is 0 Å². The maximum atomic E-state index is 12.7. The average Bonchev–Trinajstić information content (AvgIpc) is 2.46. The highest BCUT2D eigenvalue weighted by molar-refractivity contribution is 7.89. The number of carbonyl (C=O) groups is 1. The number of hydrogen-bond acceptors (Lipinski definition) is 3. The van der Waals surface area contributed by atoms with Gasteiger partial charge < -0.3 is 0 Å². The number of carbonyl (C=O) groups excluding carboxylic acids is 1. The molecule has 116 valence electrons. The summed E-state index contributed by atoms with van der Waals surface area (Å²) < 4.78 is 26.9. The lowest BCUT2D eigenvalue weighted by atomic mass is 9.83. The van der Waals surface area contributed by atoms with Gasteiger partial charge in [-0.05, 0) is 30.4 Å². The molecule has 0 amide bonds. The van der Waals surface area contributed by atoms with E-state index in [0.717, 1.165) is 12.8 Å². The van der Waals surface area contributed by atoms with Crippen molar-refractivity contribution in [1.29, 1.82) is 0 Å². The summed E-state index contributed by atoms with van der Waals surface area (Å²) in [5.41, 5.74) is 0.669. The summed E-state index contributed by atoms with van der Waals surface area (Å²) in [6, 6.07) is 6.39. The Labute approximate surface area is 127 Å². The topological polar surface area (TPSA) is 54.5 Å². The molecule has 0 spiro atoms. The molecule has 0 unspecified atom stereocenters. The Morgan fingerprint density at radius 2 is 1.86 bits per heavy atom. The Balaban J connectivity index is 2.26. The van der Waals surface area contributed by atoms with Gasteiger partial charge in [-0.2, -0.15) is 4.31 Å². The first-order valence-corrected chi connectivity index (χ1v) is 8.84. The first-order valence-electron chi connectivity index (χ1n) is 7.40. The van der Waals surface area contributed by atoms with Crippen molar-refractivity contribution in [3.05, 3.63) is 29.8 Å². The standard InChI is InChI=1S/C16H23NO3S/c1-4-15(18)13-6-5-7-14(12-13)21(19,20)17-10-8-16(2,3)9-11-17/h5-7,12H,4,8-11H2,1-3H3. The zero-order valence-electron chi connectivity index (χ0n) is 12.9. The van der Waals surface area contributed by atoms with Gasteiger partial charge in [0.05, 0.1) is 4.90 Å². The summed E-state index contributed by atoms with van der Waals surface area (Å²) in [4.78, 5) is 12.0. The van der Waals surface area contributed by atoms with Crippen LogP contribution in [0, 0.1) is 5.41 Å². The lowest BCUT2D eigenvalue weighted by molar-refractivity contribution is 0.0988. The largest absolute Gasteiger partial charge is 0.294 e. The second-order valence-electron chi connectivity index (χ2n) is 6.37. The average molecular weight is 309 g/mol. The first kappa shape index (κ1) is 16.2. The molecule has 0 aromatic heterocycles. The molecular weight excluding hydrogens is 286 g/mol. The van der Waals surface area contributed by atoms with Crippen molar-refractivity contribution in [3.8, 4) is 0 Å². The molecule has 1 aromatic rings. The van der Waals surface area contributed by atoms with Gasteiger partial charge in [-0.25, -0.2) is 8.42 Å². The number of piperidine rings is 1. The van der Waals surface area contributed by atoms with Crippen LogP contribution in [0.3, 0.4) is 0 Å². The minimum absolute atomic E-state index is 0.0353. The zero-order chi connectivity index (χ0) is 15.7. The minimum Gasteiger partial charge on any atom is -0.294 e. The molecule has 0 bridgehead atoms. The highest BCUT2D eigenvalue weighted by Gasteiger charge is 2.32. The molecule has 1 fully saturated rings. The maximum Gasteiger partial charge on any atom is 0.243 e. The second-order valence-corrected chi connectivity index (χ2v) is 8.31. The van der Waals surface area contributed by atoms with Gasteiger partial charge in [0.15, 0.2) is 5.78 Å². The van der Waals surface area contributed by atoms with E-state index in [4.69, 9.17) is 0 Å². The molecule has 0 radical (unpaired) electrons. The Bertz CT molecular complexity index is 625. The van der Waals surface area contributed by atoms with E-state index in [9.17, 15) is 13.2 Å². The van der Waals surface area contributed by atoms with Crippen LogP contribution in [-0.4, -0.2) is 31.6 Å². The van der Waals surface area contributed by atoms with Gasteiger partial charge >= 0.3 is 0 Å². The molecule has 0 saturated carbocycles. The van der Waals surface area contributed by atoms with Crippen LogP contribution in [0.5, 0.6) is 0 Å². The van der Waals surface area contributed by atoms with E-state index in [2.05, 4.69) is 13.8 Å². The van der Waals surface area contributed by atoms with Crippen LogP contribution in [-0.2, 0) is 10.0 Å². The lowest BCUT2D eigenvalue weighted by Gasteiger charge is -2.36. The van der Waals surface area contributed by atoms with E-state index in [1.165, 1.54) is 10.4 Å². The third-order valence-electron chi connectivity index (χ3n) is 4.19. The molecule has 4 nitrogen and oxygen atoms in total. The smallest absolute Gasteiger partial charge is 0.243 e. The summed E-state index contributed by atoms with van der Waals surface area (Å²) >= 11 is 0. The van der Waals surface area contributed by atoms with Gasteiger partial charge in [0, 0.05) is 25.1 Å². The van der Waals surface area contributed by atoms with E-state index < -0.39 is 10.0 Å². The number of benzene rings is 1. The number of sulfonamides is 1. The molecule has 0 N–H and O–H groups in total. The fraction of sp³-hybridized carbons (Fsp3) is 0.562. The van der Waals surface area contributed by atoms with Crippen LogP contribution >= 0.6 is 0 Å². The molecule has 0 atom stereocenters. The monoisotopic (exact) mass is 309 g/mol. The van der Waals surface area contributed by atoms with Crippen LogP contribution in [0.1, 0.15) is 50.4 Å². The van der Waals surface area contributed by atoms with Crippen LogP contribution in [0.15, 0.2) is 29.2 Å². The SMILES string of the molecule is CCC(=O)c1cccc(S(=O)(=O)N2CCC(C)(C)CC2)c1. The minimum atomic E-state index is -3.50. The highest BCUT2D eigenvalue weighted by atomic mass is 32.2. The summed E-state index contributed by atoms with van der Waals surface area (Å²) in [7, 11) is -3.50. The molecule has 1 saturated heterocycles. The van der Waals surface area contributed by atoms with Gasteiger partial charge in [0.1, 0.15) is 0 Å². The maximum absolute atomic E-state index is 12.7. The molecule has 1 aliphatic heterocycles. The number of rotatable bonds is 4. The van der Waals surface area contributed by atoms with Crippen molar-refractivity contribution in [2.75, 3.05) is 13.1 Å². The third kappa shape index (κ3) is 3.52. The van der Waals surface area contributed by atoms with E-state index in [1.807, 2.05) is 0 Å². The van der Waals surface area contributed by atoms with Crippen molar-refractivity contribution in [3.63, 3.8) is 0 Å². The van der Waals surface area contributed by atoms with Gasteiger partial charge in [-0.3, -0.25) is 4.79 Å². The van der Waals surface area contributed by atoms with Gasteiger partial charge in [0.2, 0.25) is 10.0 Å². The number of ketones is 1. The predicted octanol–water partition coefficient (Wildman–Crippen LogP) is 3.09. The van der Waals surface area contributed by atoms with Gasteiger partial charge in [-0.1, -0.05) is 32.9 Å². The molecule has 1 aromatic carbocycles. The summed E-state index contributed by atoms with van der Waals surface area (Å²) in [6.07, 6.45) is 2.10. The van der Waals surface area contributed by atoms with Crippen molar-refractivity contribution in [1.82, 2.24) is 4.31 Å². The van der Waals surface area contributed by atoms with Crippen LogP contribution in [0.2, 0.25) is 0 Å². The molecule has 2 rings (SSSR count). The van der Waals surface area contributed by atoms with Gasteiger partial charge in [-0.15, -0.1) is 0 Å². The lowest BCUT2D eigenvalue weighted by Crippen LogP contribution is -2.41. The van der Waals surface area contributed by atoms with Crippen molar-refractivity contribution in [2.45, 2.75) is 44.9 Å². The molecular formula is C16H23NO3S. The zero-order valence-corrected chi connectivity index (χ0v) is 13.7. The molecule has 21 heavy (non-hydrogen) atoms. The van der Waals surface area contributed by atoms with E-state index in [-0.39, 0.29) is 16.1 Å². The fourth-order valence-electron chi connectivity index (χ4n) is 2.52. The van der Waals surface area contributed by atoms with Crippen molar-refractivity contribution in [2.24, 2.45) is 5.41 Å². The van der Waals surface area contributed by atoms with Crippen LogP contribution in [0.25, 0.3) is 0 Å². The van der Waals surface area contributed by atoms with Crippen LogP contribution < -0.4 is 0 Å². The number of hydrogen-bond donors (Lipinski definition) is 0. The molecule has 5 heteroatoms. The van der Waals surface area contributed by atoms with E-state index in [1.54, 1.807) is 25.1 Å². The quantitative estimate of drug-likeness (QED) is 0.803. The summed E-state index contributed by atoms with van der Waals surface area (Å²) in [6.45, 7) is 7.19. The van der Waals surface area contributed by atoms with E-state index in [0.29, 0.717) is 25.1 Å². The molecule has 1 aliphatic rings. The normalized spacial score (nSPS) is 19.4. The molecule has 1 heterocycles. The second kappa shape index (κ2) is 5.89. The Hall–Kier alpha value is -1.20. The Morgan fingerprint density at radius 1 is 1.24 bits per heavy atom. The van der Waals surface area contributed by atoms with E-state index >= 15 is 0 Å². The fourth-order valence-corrected chi connectivity index (χ4v) is 4.00. The summed E-state index contributed by atoms with van der Waals surface area (Å²) in [5, 5.41) is 0. The molecule has 0 aliphatic carbocycles. The Morgan fingerprint density at radius 3 is 2.43 bits per heavy atom. The predicted molar refractivity (Wildman–Crippen MR) is 82.8 cm³/mol. The number of Topliss-reactive ketones (excluding diaryl/α,β-unsaturated/α-hetero) is 1. The summed E-state index contributed by atoms with van der Waals surface area (Å²) in [5.74, 6) is -0.0353. The van der Waals surface area contributed by atoms with Gasteiger partial charge in [0.25, 0.3) is 0 Å². The first-order chi connectivity index (χ1) is 9.76. The number of nitrogens with zero attached hydrogens (tertiary/aromatic N) is 1. The van der Waals surface area contributed by atoms with Crippen molar-refractivity contribution < 1.29 is 13.2 Å². The Kier molecular flexibility index (Phi) is 4.54. The van der Waals surface area contributed by atoms with Crippen molar-refractivity contribution >= 4 is 15.8 Å². The highest BCUT2D eigenvalue weighted by Crippen LogP contribution is 2.32.